The molecule has 0 aliphatic carbocycles. The molecule has 0 aromatic heterocycles. The summed E-state index contributed by atoms with van der Waals surface area (Å²) in [5, 5.41) is 11.9. The van der Waals surface area contributed by atoms with Crippen LogP contribution in [0, 0.1) is 11.3 Å². The molecule has 1 unspecified atom stereocenters. The zero-order chi connectivity index (χ0) is 14.0. The summed E-state index contributed by atoms with van der Waals surface area (Å²) in [6.07, 6.45) is 0.557. The maximum absolute atomic E-state index is 11.6. The average molecular weight is 256 g/mol. The van der Waals surface area contributed by atoms with E-state index >= 15 is 0 Å². The van der Waals surface area contributed by atoms with Crippen molar-refractivity contribution in [2.24, 2.45) is 11.3 Å². The van der Waals surface area contributed by atoms with Gasteiger partial charge in [-0.15, -0.1) is 0 Å². The molecule has 100 valence electrons. The van der Waals surface area contributed by atoms with Crippen molar-refractivity contribution in [2.45, 2.75) is 27.2 Å². The second-order valence-electron chi connectivity index (χ2n) is 5.69. The van der Waals surface area contributed by atoms with Crippen molar-refractivity contribution in [3.63, 3.8) is 0 Å². The molecule has 0 aliphatic rings. The van der Waals surface area contributed by atoms with Gasteiger partial charge in [-0.2, -0.15) is 0 Å². The Morgan fingerprint density at radius 1 is 1.16 bits per heavy atom. The van der Waals surface area contributed by atoms with E-state index in [4.69, 9.17) is 0 Å². The minimum Gasteiger partial charge on any atom is -0.481 e. The Bertz CT molecular complexity index is 596. The van der Waals surface area contributed by atoms with E-state index in [2.05, 4.69) is 18.2 Å². The Kier molecular flexibility index (Phi) is 3.61. The zero-order valence-corrected chi connectivity index (χ0v) is 11.7. The minimum atomic E-state index is -0.732. The van der Waals surface area contributed by atoms with Crippen LogP contribution in [0.1, 0.15) is 26.3 Å². The first-order valence-corrected chi connectivity index (χ1v) is 6.65. The summed E-state index contributed by atoms with van der Waals surface area (Å²) in [5.74, 6) is -0.639. The molecule has 1 atom stereocenters. The highest BCUT2D eigenvalue weighted by atomic mass is 16.4. The van der Waals surface area contributed by atoms with Crippen LogP contribution in [0.5, 0.6) is 0 Å². The van der Waals surface area contributed by atoms with E-state index in [-0.39, 0.29) is 5.92 Å². The lowest BCUT2D eigenvalue weighted by atomic mass is 9.74. The monoisotopic (exact) mass is 256 g/mol. The Morgan fingerprint density at radius 2 is 1.79 bits per heavy atom. The maximum atomic E-state index is 11.6. The quantitative estimate of drug-likeness (QED) is 0.893. The number of hydrogen-bond donors (Lipinski definition) is 1. The summed E-state index contributed by atoms with van der Waals surface area (Å²) < 4.78 is 0. The molecule has 0 saturated carbocycles. The molecule has 0 aliphatic heterocycles. The van der Waals surface area contributed by atoms with E-state index in [1.165, 1.54) is 0 Å². The van der Waals surface area contributed by atoms with Crippen LogP contribution in [-0.2, 0) is 11.2 Å². The van der Waals surface area contributed by atoms with Crippen LogP contribution in [0.3, 0.4) is 0 Å². The Morgan fingerprint density at radius 3 is 2.42 bits per heavy atom. The number of carbonyl (C=O) groups is 1. The third-order valence-electron chi connectivity index (χ3n) is 4.20. The molecule has 0 bridgehead atoms. The second kappa shape index (κ2) is 5.04. The fourth-order valence-electron chi connectivity index (χ4n) is 2.37. The first-order chi connectivity index (χ1) is 8.95. The van der Waals surface area contributed by atoms with Crippen molar-refractivity contribution in [1.82, 2.24) is 0 Å². The SMILES string of the molecule is CC(C)C(C)(Cc1cccc2ccccc12)C(=O)O. The smallest absolute Gasteiger partial charge is 0.309 e. The number of hydrogen-bond acceptors (Lipinski definition) is 1. The van der Waals surface area contributed by atoms with Gasteiger partial charge >= 0.3 is 5.97 Å². The predicted octanol–water partition coefficient (Wildman–Crippen LogP) is 4.13. The number of aliphatic carboxylic acids is 1. The molecule has 2 heteroatoms. The van der Waals surface area contributed by atoms with Crippen LogP contribution in [-0.4, -0.2) is 11.1 Å². The summed E-state index contributed by atoms with van der Waals surface area (Å²) in [7, 11) is 0. The molecule has 2 rings (SSSR count). The molecule has 0 radical (unpaired) electrons. The zero-order valence-electron chi connectivity index (χ0n) is 11.7. The van der Waals surface area contributed by atoms with Crippen molar-refractivity contribution in [2.75, 3.05) is 0 Å². The van der Waals surface area contributed by atoms with Gasteiger partial charge in [-0.05, 0) is 35.6 Å². The van der Waals surface area contributed by atoms with Crippen LogP contribution >= 0.6 is 0 Å². The van der Waals surface area contributed by atoms with Crippen LogP contribution < -0.4 is 0 Å². The molecule has 0 fully saturated rings. The molecular weight excluding hydrogens is 236 g/mol. The largest absolute Gasteiger partial charge is 0.481 e. The van der Waals surface area contributed by atoms with E-state index in [1.54, 1.807) is 0 Å². The first kappa shape index (κ1) is 13.6. The van der Waals surface area contributed by atoms with Gasteiger partial charge in [-0.1, -0.05) is 56.3 Å². The van der Waals surface area contributed by atoms with Gasteiger partial charge in [-0.25, -0.2) is 0 Å². The number of rotatable bonds is 4. The van der Waals surface area contributed by atoms with E-state index in [0.29, 0.717) is 6.42 Å². The van der Waals surface area contributed by atoms with E-state index < -0.39 is 11.4 Å². The van der Waals surface area contributed by atoms with Crippen molar-refractivity contribution in [3.8, 4) is 0 Å². The lowest BCUT2D eigenvalue weighted by Gasteiger charge is -2.29. The van der Waals surface area contributed by atoms with Crippen LogP contribution in [0.2, 0.25) is 0 Å². The highest BCUT2D eigenvalue weighted by Gasteiger charge is 2.36. The Hall–Kier alpha value is -1.83. The van der Waals surface area contributed by atoms with Crippen LogP contribution in [0.15, 0.2) is 42.5 Å². The fourth-order valence-corrected chi connectivity index (χ4v) is 2.37. The van der Waals surface area contributed by atoms with Gasteiger partial charge in [0.25, 0.3) is 0 Å². The molecule has 0 saturated heterocycles. The molecule has 0 heterocycles. The van der Waals surface area contributed by atoms with Gasteiger partial charge in [0.05, 0.1) is 5.41 Å². The summed E-state index contributed by atoms with van der Waals surface area (Å²) in [5.41, 5.74) is 0.376. The van der Waals surface area contributed by atoms with Gasteiger partial charge in [0.1, 0.15) is 0 Å². The number of carboxylic acids is 1. The van der Waals surface area contributed by atoms with E-state index in [9.17, 15) is 9.90 Å². The Balaban J connectivity index is 2.48. The molecule has 2 aromatic rings. The molecule has 2 nitrogen and oxygen atoms in total. The highest BCUT2D eigenvalue weighted by molar-refractivity contribution is 5.86. The number of fused-ring (bicyclic) bond motifs is 1. The van der Waals surface area contributed by atoms with Crippen molar-refractivity contribution < 1.29 is 9.90 Å². The van der Waals surface area contributed by atoms with Gasteiger partial charge in [0, 0.05) is 0 Å². The highest BCUT2D eigenvalue weighted by Crippen LogP contribution is 2.34. The standard InChI is InChI=1S/C17H20O2/c1-12(2)17(3,16(18)19)11-14-9-6-8-13-7-4-5-10-15(13)14/h4-10,12H,11H2,1-3H3,(H,18,19). The number of carboxylic acid groups (broad SMARTS) is 1. The van der Waals surface area contributed by atoms with Crippen LogP contribution in [0.25, 0.3) is 10.8 Å². The van der Waals surface area contributed by atoms with E-state index in [1.807, 2.05) is 45.0 Å². The van der Waals surface area contributed by atoms with E-state index in [0.717, 1.165) is 16.3 Å². The fraction of sp³-hybridized carbons (Fsp3) is 0.353. The first-order valence-electron chi connectivity index (χ1n) is 6.65. The topological polar surface area (TPSA) is 37.3 Å². The van der Waals surface area contributed by atoms with Crippen molar-refractivity contribution >= 4 is 16.7 Å². The van der Waals surface area contributed by atoms with Crippen molar-refractivity contribution in [1.29, 1.82) is 0 Å². The minimum absolute atomic E-state index is 0.0870. The molecule has 2 aromatic carbocycles. The van der Waals surface area contributed by atoms with Crippen LogP contribution in [0.4, 0.5) is 0 Å². The summed E-state index contributed by atoms with van der Waals surface area (Å²) in [6, 6.07) is 14.2. The molecule has 0 amide bonds. The van der Waals surface area contributed by atoms with Gasteiger partial charge in [0.15, 0.2) is 0 Å². The van der Waals surface area contributed by atoms with Gasteiger partial charge in [0.2, 0.25) is 0 Å². The number of benzene rings is 2. The predicted molar refractivity (Wildman–Crippen MR) is 78.2 cm³/mol. The molecule has 1 N–H and O–H groups in total. The third-order valence-corrected chi connectivity index (χ3v) is 4.20. The summed E-state index contributed by atoms with van der Waals surface area (Å²) >= 11 is 0. The maximum Gasteiger partial charge on any atom is 0.309 e. The lowest BCUT2D eigenvalue weighted by molar-refractivity contribution is -0.150. The Labute approximate surface area is 114 Å². The van der Waals surface area contributed by atoms with Gasteiger partial charge in [-0.3, -0.25) is 4.79 Å². The average Bonchev–Trinajstić information content (AvgIpc) is 2.38. The summed E-state index contributed by atoms with van der Waals surface area (Å²) in [6.45, 7) is 5.78. The lowest BCUT2D eigenvalue weighted by Crippen LogP contribution is -2.35. The summed E-state index contributed by atoms with van der Waals surface area (Å²) in [4.78, 5) is 11.6. The second-order valence-corrected chi connectivity index (χ2v) is 5.69. The van der Waals surface area contributed by atoms with Gasteiger partial charge < -0.3 is 5.11 Å². The molecule has 0 spiro atoms. The molecule has 19 heavy (non-hydrogen) atoms. The third kappa shape index (κ3) is 2.48. The van der Waals surface area contributed by atoms with Crippen molar-refractivity contribution in [3.05, 3.63) is 48.0 Å². The normalized spacial score (nSPS) is 14.5. The molecular formula is C17H20O2.